The third kappa shape index (κ3) is 3.10. The average Bonchev–Trinajstić information content (AvgIpc) is 3.25. The lowest BCUT2D eigenvalue weighted by atomic mass is 9.47. The molecule has 0 unspecified atom stereocenters. The van der Waals surface area contributed by atoms with E-state index >= 15 is 0 Å². The first-order valence-electron chi connectivity index (χ1n) is 13.2. The zero-order valence-corrected chi connectivity index (χ0v) is 22.5. The summed E-state index contributed by atoms with van der Waals surface area (Å²) < 4.78 is 8.85. The van der Waals surface area contributed by atoms with Gasteiger partial charge in [-0.1, -0.05) is 93.2 Å². The van der Waals surface area contributed by atoms with Gasteiger partial charge in [-0.3, -0.25) is 0 Å². The summed E-state index contributed by atoms with van der Waals surface area (Å²) in [5.74, 6) is 1.71. The van der Waals surface area contributed by atoms with Crippen molar-refractivity contribution < 1.29 is 4.74 Å². The third-order valence-electron chi connectivity index (χ3n) is 8.06. The van der Waals surface area contributed by atoms with Crippen molar-refractivity contribution in [2.75, 3.05) is 0 Å². The monoisotopic (exact) mass is 507 g/mol. The van der Waals surface area contributed by atoms with E-state index < -0.39 is 0 Å². The molecule has 1 aromatic heterocycles. The van der Waals surface area contributed by atoms with Crippen molar-refractivity contribution in [1.82, 2.24) is 4.48 Å². The van der Waals surface area contributed by atoms with Crippen LogP contribution >= 0.6 is 11.8 Å². The van der Waals surface area contributed by atoms with Crippen LogP contribution in [0.2, 0.25) is 0 Å². The Bertz CT molecular complexity index is 1920. The number of aromatic nitrogens is 1. The molecule has 3 heterocycles. The lowest BCUT2D eigenvalue weighted by Crippen LogP contribution is -2.54. The van der Waals surface area contributed by atoms with Crippen molar-refractivity contribution in [3.05, 3.63) is 109 Å². The zero-order chi connectivity index (χ0) is 25.6. The number of nitrogens with zero attached hydrogens (tertiary/aromatic N) is 1. The van der Waals surface area contributed by atoms with Crippen LogP contribution in [0.5, 0.6) is 11.5 Å². The van der Waals surface area contributed by atoms with Gasteiger partial charge in [0.25, 0.3) is 0 Å². The maximum atomic E-state index is 6.26. The minimum Gasteiger partial charge on any atom is -0.457 e. The molecule has 2 nitrogen and oxygen atoms in total. The number of para-hydroxylation sites is 2. The summed E-state index contributed by atoms with van der Waals surface area (Å²) >= 11 is 1.92. The molecule has 0 fully saturated rings. The molecule has 0 saturated heterocycles. The van der Waals surface area contributed by atoms with Gasteiger partial charge >= 0.3 is 6.85 Å². The lowest BCUT2D eigenvalue weighted by Gasteiger charge is -2.34. The highest BCUT2D eigenvalue weighted by Crippen LogP contribution is 2.44. The summed E-state index contributed by atoms with van der Waals surface area (Å²) in [6.45, 7) is 7.03. The molecular weight excluding hydrogens is 481 g/mol. The smallest absolute Gasteiger partial charge is 0.331 e. The van der Waals surface area contributed by atoms with Crippen molar-refractivity contribution in [1.29, 1.82) is 0 Å². The van der Waals surface area contributed by atoms with E-state index in [9.17, 15) is 0 Å². The van der Waals surface area contributed by atoms with Crippen LogP contribution in [0.4, 0.5) is 0 Å². The van der Waals surface area contributed by atoms with Crippen LogP contribution in [-0.2, 0) is 5.41 Å². The highest BCUT2D eigenvalue weighted by atomic mass is 32.2. The van der Waals surface area contributed by atoms with Gasteiger partial charge < -0.3 is 9.21 Å². The number of hydrogen-bond donors (Lipinski definition) is 0. The van der Waals surface area contributed by atoms with E-state index in [1.165, 1.54) is 59.2 Å². The normalized spacial score (nSPS) is 13.5. The van der Waals surface area contributed by atoms with E-state index in [1.807, 2.05) is 42.1 Å². The number of ether oxygens (including phenoxy) is 1. The van der Waals surface area contributed by atoms with Crippen LogP contribution < -0.4 is 15.7 Å². The third-order valence-corrected chi connectivity index (χ3v) is 9.20. The van der Waals surface area contributed by atoms with E-state index in [-0.39, 0.29) is 12.3 Å². The number of rotatable bonds is 2. The van der Waals surface area contributed by atoms with E-state index in [0.29, 0.717) is 0 Å². The molecule has 8 rings (SSSR count). The average molecular weight is 507 g/mol. The standard InChI is InChI=1S/C34H26BNOS/c1-34(2,3)21-15-17-28-31(19-21)38-30-14-8-11-24-25-12-7-13-26-27-20-23(37-22-9-5-4-6-10-22)16-18-29(27)36(33(25)26)35(28)32(24)30/h4-20H,1-3H3. The van der Waals surface area contributed by atoms with E-state index in [1.54, 1.807) is 0 Å². The second kappa shape index (κ2) is 7.81. The summed E-state index contributed by atoms with van der Waals surface area (Å²) in [6.07, 6.45) is 0. The second-order valence-electron chi connectivity index (χ2n) is 11.4. The number of benzene rings is 5. The first-order chi connectivity index (χ1) is 18.5. The molecule has 0 saturated carbocycles. The van der Waals surface area contributed by atoms with Crippen molar-refractivity contribution in [2.24, 2.45) is 0 Å². The summed E-state index contributed by atoms with van der Waals surface area (Å²) in [4.78, 5) is 2.73. The lowest BCUT2D eigenvalue weighted by molar-refractivity contribution is 0.483. The molecule has 0 bridgehead atoms. The summed E-state index contributed by atoms with van der Waals surface area (Å²) in [5, 5.41) is 2.51. The Morgan fingerprint density at radius 2 is 1.50 bits per heavy atom. The van der Waals surface area contributed by atoms with Crippen LogP contribution in [0.3, 0.4) is 0 Å². The first-order valence-corrected chi connectivity index (χ1v) is 14.0. The predicted octanol–water partition coefficient (Wildman–Crippen LogP) is 7.98. The van der Waals surface area contributed by atoms with Crippen LogP contribution in [0, 0.1) is 0 Å². The minimum absolute atomic E-state index is 0.111. The van der Waals surface area contributed by atoms with Crippen LogP contribution in [0.25, 0.3) is 32.9 Å². The molecule has 2 aliphatic rings. The number of hydrogen-bond acceptors (Lipinski definition) is 2. The van der Waals surface area contributed by atoms with Gasteiger partial charge in [0.2, 0.25) is 0 Å². The van der Waals surface area contributed by atoms with E-state index in [2.05, 4.69) is 98.0 Å². The molecule has 0 amide bonds. The fourth-order valence-corrected chi connectivity index (χ4v) is 7.46. The van der Waals surface area contributed by atoms with Gasteiger partial charge in [0, 0.05) is 37.2 Å². The largest absolute Gasteiger partial charge is 0.457 e. The van der Waals surface area contributed by atoms with Gasteiger partial charge in [-0.15, -0.1) is 0 Å². The minimum atomic E-state index is 0.111. The van der Waals surface area contributed by atoms with Gasteiger partial charge in [-0.2, -0.15) is 0 Å². The molecule has 0 N–H and O–H groups in total. The summed E-state index contributed by atoms with van der Waals surface area (Å²) in [5.41, 5.74) is 9.53. The Morgan fingerprint density at radius 3 is 2.34 bits per heavy atom. The maximum Gasteiger partial charge on any atom is 0.331 e. The maximum absolute atomic E-state index is 6.26. The zero-order valence-electron chi connectivity index (χ0n) is 21.7. The fraction of sp³-hybridized carbons (Fsp3) is 0.118. The van der Waals surface area contributed by atoms with Gasteiger partial charge in [-0.25, -0.2) is 0 Å². The van der Waals surface area contributed by atoms with Crippen LogP contribution in [0.1, 0.15) is 26.3 Å². The summed E-state index contributed by atoms with van der Waals surface area (Å²) in [6, 6.07) is 37.3. The molecular formula is C34H26BNOS. The highest BCUT2D eigenvalue weighted by Gasteiger charge is 2.40. The first kappa shape index (κ1) is 22.1. The highest BCUT2D eigenvalue weighted by molar-refractivity contribution is 8.00. The van der Waals surface area contributed by atoms with Gasteiger partial charge in [0.15, 0.2) is 0 Å². The Kier molecular flexibility index (Phi) is 4.55. The Morgan fingerprint density at radius 1 is 0.684 bits per heavy atom. The molecule has 5 aromatic carbocycles. The molecule has 6 aromatic rings. The second-order valence-corrected chi connectivity index (χ2v) is 12.5. The topological polar surface area (TPSA) is 14.2 Å². The molecule has 0 radical (unpaired) electrons. The quantitative estimate of drug-likeness (QED) is 0.220. The Hall–Kier alpha value is -3.89. The van der Waals surface area contributed by atoms with Gasteiger partial charge in [-0.05, 0) is 69.9 Å². The van der Waals surface area contributed by atoms with Crippen LogP contribution in [0.15, 0.2) is 113 Å². The van der Waals surface area contributed by atoms with Crippen molar-refractivity contribution in [3.8, 4) is 22.6 Å². The predicted molar refractivity (Wildman–Crippen MR) is 161 cm³/mol. The van der Waals surface area contributed by atoms with Gasteiger partial charge in [0.05, 0.1) is 0 Å². The molecule has 4 heteroatoms. The summed E-state index contributed by atoms with van der Waals surface area (Å²) in [7, 11) is 0. The van der Waals surface area contributed by atoms with Gasteiger partial charge in [0.1, 0.15) is 11.5 Å². The van der Waals surface area contributed by atoms with Crippen molar-refractivity contribution in [2.45, 2.75) is 36.0 Å². The number of fused-ring (bicyclic) bond motifs is 7. The van der Waals surface area contributed by atoms with E-state index in [4.69, 9.17) is 4.74 Å². The Balaban J connectivity index is 1.41. The van der Waals surface area contributed by atoms with Crippen LogP contribution in [-0.4, -0.2) is 11.3 Å². The SMILES string of the molecule is CC(C)(C)c1ccc2c(c1)Sc1cccc3c1B2n1c2ccc(Oc4ccccc4)cc2c2cccc-3c21. The molecule has 38 heavy (non-hydrogen) atoms. The fourth-order valence-electron chi connectivity index (χ4n) is 6.26. The molecule has 182 valence electrons. The van der Waals surface area contributed by atoms with Crippen molar-refractivity contribution >= 4 is 51.3 Å². The van der Waals surface area contributed by atoms with E-state index in [0.717, 1.165) is 11.5 Å². The molecule has 0 spiro atoms. The Labute approximate surface area is 227 Å². The molecule has 0 aliphatic carbocycles. The van der Waals surface area contributed by atoms with Crippen molar-refractivity contribution in [3.63, 3.8) is 0 Å². The molecule has 0 atom stereocenters. The molecule has 2 aliphatic heterocycles.